The number of amides is 3. The summed E-state index contributed by atoms with van der Waals surface area (Å²) in [5, 5.41) is 3.27. The Labute approximate surface area is 145 Å². The lowest BCUT2D eigenvalue weighted by Crippen LogP contribution is -2.50. The topological polar surface area (TPSA) is 78.7 Å². The van der Waals surface area contributed by atoms with E-state index in [9.17, 15) is 9.59 Å². The molecule has 2 aliphatic carbocycles. The predicted octanol–water partition coefficient (Wildman–Crippen LogP) is 1.40. The lowest BCUT2D eigenvalue weighted by Gasteiger charge is -2.32. The van der Waals surface area contributed by atoms with Crippen molar-refractivity contribution in [2.75, 3.05) is 26.2 Å². The van der Waals surface area contributed by atoms with Gasteiger partial charge in [0.2, 0.25) is 5.91 Å². The molecule has 136 valence electrons. The third-order valence-electron chi connectivity index (χ3n) is 6.57. The molecular formula is C18H32N4O2. The van der Waals surface area contributed by atoms with Gasteiger partial charge in [0.1, 0.15) is 0 Å². The molecule has 3 amide bonds. The molecule has 1 saturated heterocycles. The summed E-state index contributed by atoms with van der Waals surface area (Å²) < 4.78 is 0. The van der Waals surface area contributed by atoms with Crippen LogP contribution < -0.4 is 11.1 Å². The fraction of sp³-hybridized carbons (Fsp3) is 0.889. The molecule has 6 nitrogen and oxygen atoms in total. The molecule has 5 atom stereocenters. The summed E-state index contributed by atoms with van der Waals surface area (Å²) in [6, 6.07) is -0.248. The van der Waals surface area contributed by atoms with Crippen LogP contribution in [-0.2, 0) is 4.79 Å². The molecule has 0 unspecified atom stereocenters. The van der Waals surface area contributed by atoms with Gasteiger partial charge in [-0.25, -0.2) is 4.79 Å². The van der Waals surface area contributed by atoms with Crippen molar-refractivity contribution in [3.8, 4) is 0 Å². The Morgan fingerprint density at radius 3 is 2.50 bits per heavy atom. The summed E-state index contributed by atoms with van der Waals surface area (Å²) in [5.74, 6) is 2.51. The van der Waals surface area contributed by atoms with Crippen LogP contribution in [-0.4, -0.2) is 60.0 Å². The first kappa shape index (κ1) is 17.5. The Morgan fingerprint density at radius 2 is 1.88 bits per heavy atom. The van der Waals surface area contributed by atoms with Gasteiger partial charge in [0.15, 0.2) is 0 Å². The van der Waals surface area contributed by atoms with E-state index in [0.717, 1.165) is 24.8 Å². The Hall–Kier alpha value is -1.30. The molecule has 0 aromatic heterocycles. The molecule has 1 aliphatic heterocycles. The first-order valence-electron chi connectivity index (χ1n) is 9.54. The number of hydrogen-bond acceptors (Lipinski definition) is 3. The summed E-state index contributed by atoms with van der Waals surface area (Å²) in [6.07, 6.45) is 6.26. The molecular weight excluding hydrogens is 304 g/mol. The number of nitrogens with two attached hydrogens (primary N) is 1. The highest BCUT2D eigenvalue weighted by Gasteiger charge is 2.42. The van der Waals surface area contributed by atoms with Gasteiger partial charge in [-0.1, -0.05) is 6.42 Å². The summed E-state index contributed by atoms with van der Waals surface area (Å²) >= 11 is 0. The van der Waals surface area contributed by atoms with Gasteiger partial charge in [0.05, 0.1) is 6.04 Å². The molecule has 0 spiro atoms. The van der Waals surface area contributed by atoms with Gasteiger partial charge in [-0.15, -0.1) is 0 Å². The van der Waals surface area contributed by atoms with E-state index in [0.29, 0.717) is 25.6 Å². The SMILES string of the molecule is C[C@H](NC(=O)[C@H](C)N1CCCN(C(N)=O)CC1)[C@H]1C[C@H]2CC[C@H]1C2. The highest BCUT2D eigenvalue weighted by atomic mass is 16.2. The molecule has 1 heterocycles. The van der Waals surface area contributed by atoms with Crippen LogP contribution in [0.25, 0.3) is 0 Å². The van der Waals surface area contributed by atoms with Gasteiger partial charge in [-0.3, -0.25) is 9.69 Å². The smallest absolute Gasteiger partial charge is 0.314 e. The average molecular weight is 336 g/mol. The van der Waals surface area contributed by atoms with Crippen molar-refractivity contribution in [3.05, 3.63) is 0 Å². The molecule has 0 radical (unpaired) electrons. The molecule has 0 aromatic rings. The molecule has 3 aliphatic rings. The van der Waals surface area contributed by atoms with Crippen LogP contribution in [0.2, 0.25) is 0 Å². The van der Waals surface area contributed by atoms with Gasteiger partial charge in [-0.2, -0.15) is 0 Å². The quantitative estimate of drug-likeness (QED) is 0.814. The second kappa shape index (κ2) is 7.30. The van der Waals surface area contributed by atoms with E-state index < -0.39 is 0 Å². The Morgan fingerprint density at radius 1 is 1.08 bits per heavy atom. The van der Waals surface area contributed by atoms with E-state index in [4.69, 9.17) is 5.73 Å². The van der Waals surface area contributed by atoms with Crippen LogP contribution in [0.4, 0.5) is 4.79 Å². The number of rotatable bonds is 4. The summed E-state index contributed by atoms with van der Waals surface area (Å²) in [4.78, 5) is 27.8. The van der Waals surface area contributed by atoms with Gasteiger partial charge in [0.25, 0.3) is 0 Å². The number of primary amides is 1. The average Bonchev–Trinajstić information content (AvgIpc) is 3.09. The fourth-order valence-electron chi connectivity index (χ4n) is 5.07. The molecule has 2 bridgehead atoms. The van der Waals surface area contributed by atoms with Crippen LogP contribution in [0.15, 0.2) is 0 Å². The zero-order chi connectivity index (χ0) is 17.3. The van der Waals surface area contributed by atoms with Crippen LogP contribution in [0, 0.1) is 17.8 Å². The van der Waals surface area contributed by atoms with Crippen molar-refractivity contribution in [3.63, 3.8) is 0 Å². The predicted molar refractivity (Wildman–Crippen MR) is 93.4 cm³/mol. The molecule has 3 fully saturated rings. The molecule has 3 N–H and O–H groups in total. The van der Waals surface area contributed by atoms with Crippen molar-refractivity contribution < 1.29 is 9.59 Å². The van der Waals surface area contributed by atoms with E-state index in [1.54, 1.807) is 4.90 Å². The minimum absolute atomic E-state index is 0.123. The van der Waals surface area contributed by atoms with Crippen LogP contribution in [0.1, 0.15) is 46.0 Å². The number of urea groups is 1. The van der Waals surface area contributed by atoms with Crippen LogP contribution in [0.5, 0.6) is 0 Å². The Kier molecular flexibility index (Phi) is 5.33. The van der Waals surface area contributed by atoms with Crippen molar-refractivity contribution in [1.82, 2.24) is 15.1 Å². The maximum absolute atomic E-state index is 12.7. The maximum atomic E-state index is 12.7. The lowest BCUT2D eigenvalue weighted by atomic mass is 9.84. The number of carbonyl (C=O) groups is 2. The highest BCUT2D eigenvalue weighted by Crippen LogP contribution is 2.49. The minimum atomic E-state index is -0.362. The number of carbonyl (C=O) groups excluding carboxylic acids is 2. The van der Waals surface area contributed by atoms with Gasteiger partial charge in [0, 0.05) is 32.2 Å². The van der Waals surface area contributed by atoms with E-state index >= 15 is 0 Å². The van der Waals surface area contributed by atoms with Crippen molar-refractivity contribution in [2.45, 2.75) is 58.0 Å². The zero-order valence-corrected chi connectivity index (χ0v) is 15.0. The Bertz CT molecular complexity index is 484. The molecule has 6 heteroatoms. The summed E-state index contributed by atoms with van der Waals surface area (Å²) in [6.45, 7) is 6.98. The van der Waals surface area contributed by atoms with Crippen LogP contribution in [0.3, 0.4) is 0 Å². The first-order valence-corrected chi connectivity index (χ1v) is 9.54. The van der Waals surface area contributed by atoms with Crippen molar-refractivity contribution >= 4 is 11.9 Å². The van der Waals surface area contributed by atoms with Crippen molar-refractivity contribution in [2.24, 2.45) is 23.5 Å². The second-order valence-electron chi connectivity index (χ2n) is 8.03. The monoisotopic (exact) mass is 336 g/mol. The van der Waals surface area contributed by atoms with E-state index in [1.807, 2.05) is 6.92 Å². The third kappa shape index (κ3) is 3.68. The summed E-state index contributed by atoms with van der Waals surface area (Å²) in [7, 11) is 0. The van der Waals surface area contributed by atoms with Gasteiger partial charge in [-0.05, 0) is 57.3 Å². The van der Waals surface area contributed by atoms with Crippen molar-refractivity contribution in [1.29, 1.82) is 0 Å². The van der Waals surface area contributed by atoms with Gasteiger partial charge < -0.3 is 16.0 Å². The van der Waals surface area contributed by atoms with Crippen LogP contribution >= 0.6 is 0 Å². The number of hydrogen-bond donors (Lipinski definition) is 2. The highest BCUT2D eigenvalue weighted by molar-refractivity contribution is 5.81. The normalized spacial score (nSPS) is 33.1. The van der Waals surface area contributed by atoms with E-state index in [2.05, 4.69) is 17.1 Å². The zero-order valence-electron chi connectivity index (χ0n) is 15.0. The van der Waals surface area contributed by atoms with Gasteiger partial charge >= 0.3 is 6.03 Å². The largest absolute Gasteiger partial charge is 0.352 e. The van der Waals surface area contributed by atoms with E-state index in [-0.39, 0.29) is 24.0 Å². The number of nitrogens with one attached hydrogen (secondary N) is 1. The summed E-state index contributed by atoms with van der Waals surface area (Å²) in [5.41, 5.74) is 5.37. The Balaban J connectivity index is 1.50. The fourth-order valence-corrected chi connectivity index (χ4v) is 5.07. The molecule has 2 saturated carbocycles. The molecule has 0 aromatic carbocycles. The third-order valence-corrected chi connectivity index (χ3v) is 6.57. The molecule has 24 heavy (non-hydrogen) atoms. The first-order chi connectivity index (χ1) is 11.5. The lowest BCUT2D eigenvalue weighted by molar-refractivity contribution is -0.127. The minimum Gasteiger partial charge on any atom is -0.352 e. The number of nitrogens with zero attached hydrogens (tertiary/aromatic N) is 2. The molecule has 3 rings (SSSR count). The maximum Gasteiger partial charge on any atom is 0.314 e. The standard InChI is InChI=1S/C18H32N4O2/c1-12(16-11-14-4-5-15(16)10-14)20-17(23)13(2)21-6-3-7-22(9-8-21)18(19)24/h12-16H,3-11H2,1-2H3,(H2,19,24)(H,20,23)/t12-,13-,14-,15-,16+/m0/s1. The van der Waals surface area contributed by atoms with E-state index in [1.165, 1.54) is 25.7 Å². The number of fused-ring (bicyclic) bond motifs is 2. The second-order valence-corrected chi connectivity index (χ2v) is 8.03.